The summed E-state index contributed by atoms with van der Waals surface area (Å²) in [6.07, 6.45) is 2.44. The summed E-state index contributed by atoms with van der Waals surface area (Å²) >= 11 is 0. The Balaban J connectivity index is 0.00000256. The molecule has 0 aliphatic carbocycles. The maximum absolute atomic E-state index is 12.6. The van der Waals surface area contributed by atoms with Gasteiger partial charge in [-0.25, -0.2) is 0 Å². The minimum atomic E-state index is -0.00895. The number of nitrogens with zero attached hydrogens (tertiary/aromatic N) is 2. The molecular formula is C25H27ClN2O2. The van der Waals surface area contributed by atoms with Crippen molar-refractivity contribution in [3.8, 4) is 11.5 Å². The smallest absolute Gasteiger partial charge is 0.224 e. The third kappa shape index (κ3) is 4.95. The van der Waals surface area contributed by atoms with Crippen LogP contribution in [0.4, 0.5) is 11.4 Å². The SMILES string of the molecule is CC(=O)N(Cc1ccccc1N1CCCC1)c1ccccc1Oc1ccccc1.Cl. The van der Waals surface area contributed by atoms with Gasteiger partial charge in [0.25, 0.3) is 0 Å². The Bertz CT molecular complexity index is 972. The first-order valence-electron chi connectivity index (χ1n) is 10.2. The zero-order chi connectivity index (χ0) is 20.1. The lowest BCUT2D eigenvalue weighted by Gasteiger charge is -2.27. The molecule has 3 aromatic rings. The fraction of sp³-hybridized carbons (Fsp3) is 0.240. The van der Waals surface area contributed by atoms with Crippen LogP contribution in [0.1, 0.15) is 25.3 Å². The average Bonchev–Trinajstić information content (AvgIpc) is 3.28. The molecule has 0 bridgehead atoms. The molecule has 0 unspecified atom stereocenters. The molecule has 0 N–H and O–H groups in total. The van der Waals surface area contributed by atoms with E-state index in [4.69, 9.17) is 4.74 Å². The lowest BCUT2D eigenvalue weighted by atomic mass is 10.1. The lowest BCUT2D eigenvalue weighted by molar-refractivity contribution is -0.116. The molecule has 156 valence electrons. The maximum atomic E-state index is 12.6. The van der Waals surface area contributed by atoms with Gasteiger partial charge in [-0.15, -0.1) is 12.4 Å². The van der Waals surface area contributed by atoms with Gasteiger partial charge in [-0.3, -0.25) is 4.79 Å². The number of para-hydroxylation sites is 4. The largest absolute Gasteiger partial charge is 0.455 e. The summed E-state index contributed by atoms with van der Waals surface area (Å²) in [7, 11) is 0. The molecule has 30 heavy (non-hydrogen) atoms. The number of amides is 1. The van der Waals surface area contributed by atoms with E-state index in [2.05, 4.69) is 23.1 Å². The van der Waals surface area contributed by atoms with Gasteiger partial charge in [0, 0.05) is 25.7 Å². The van der Waals surface area contributed by atoms with Crippen LogP contribution >= 0.6 is 12.4 Å². The fourth-order valence-electron chi connectivity index (χ4n) is 3.83. The van der Waals surface area contributed by atoms with Gasteiger partial charge in [-0.1, -0.05) is 48.5 Å². The van der Waals surface area contributed by atoms with Crippen molar-refractivity contribution in [1.29, 1.82) is 0 Å². The average molecular weight is 423 g/mol. The zero-order valence-electron chi connectivity index (χ0n) is 17.2. The molecule has 1 aliphatic heterocycles. The molecule has 0 aromatic heterocycles. The van der Waals surface area contributed by atoms with E-state index in [-0.39, 0.29) is 18.3 Å². The minimum Gasteiger partial charge on any atom is -0.455 e. The molecule has 0 spiro atoms. The van der Waals surface area contributed by atoms with Crippen molar-refractivity contribution in [1.82, 2.24) is 0 Å². The molecule has 1 amide bonds. The third-order valence-electron chi connectivity index (χ3n) is 5.27. The van der Waals surface area contributed by atoms with Crippen LogP contribution in [0.15, 0.2) is 78.9 Å². The minimum absolute atomic E-state index is 0. The number of halogens is 1. The van der Waals surface area contributed by atoms with E-state index < -0.39 is 0 Å². The van der Waals surface area contributed by atoms with Crippen LogP contribution in [0, 0.1) is 0 Å². The normalized spacial score (nSPS) is 12.9. The number of hydrogen-bond acceptors (Lipinski definition) is 3. The summed E-state index contributed by atoms with van der Waals surface area (Å²) in [5, 5.41) is 0. The van der Waals surface area contributed by atoms with Crippen molar-refractivity contribution in [2.45, 2.75) is 26.3 Å². The predicted octanol–water partition coefficient (Wildman–Crippen LogP) is 6.05. The summed E-state index contributed by atoms with van der Waals surface area (Å²) in [6.45, 7) is 4.27. The zero-order valence-corrected chi connectivity index (χ0v) is 18.0. The number of ether oxygens (including phenoxy) is 1. The number of carbonyl (C=O) groups is 1. The summed E-state index contributed by atoms with van der Waals surface area (Å²) in [5.41, 5.74) is 3.15. The van der Waals surface area contributed by atoms with E-state index in [1.807, 2.05) is 60.7 Å². The van der Waals surface area contributed by atoms with Crippen LogP contribution in [0.3, 0.4) is 0 Å². The number of benzene rings is 3. The van der Waals surface area contributed by atoms with E-state index in [0.29, 0.717) is 12.3 Å². The van der Waals surface area contributed by atoms with Gasteiger partial charge in [0.1, 0.15) is 5.75 Å². The second kappa shape index (κ2) is 10.2. The Labute approximate surface area is 184 Å². The first-order valence-corrected chi connectivity index (χ1v) is 10.2. The summed E-state index contributed by atoms with van der Waals surface area (Å²) in [6, 6.07) is 25.8. The van der Waals surface area contributed by atoms with Crippen LogP contribution < -0.4 is 14.5 Å². The van der Waals surface area contributed by atoms with Crippen LogP contribution in [0.5, 0.6) is 11.5 Å². The van der Waals surface area contributed by atoms with E-state index in [1.165, 1.54) is 18.5 Å². The van der Waals surface area contributed by atoms with E-state index >= 15 is 0 Å². The Hall–Kier alpha value is -2.98. The van der Waals surface area contributed by atoms with Gasteiger partial charge in [-0.2, -0.15) is 0 Å². The number of anilines is 2. The first-order chi connectivity index (χ1) is 14.2. The van der Waals surface area contributed by atoms with Crippen LogP contribution in [-0.2, 0) is 11.3 Å². The molecule has 0 atom stereocenters. The van der Waals surface area contributed by atoms with Crippen molar-refractivity contribution in [3.63, 3.8) is 0 Å². The summed E-state index contributed by atoms with van der Waals surface area (Å²) in [5.74, 6) is 1.42. The number of carbonyl (C=O) groups excluding carboxylic acids is 1. The highest BCUT2D eigenvalue weighted by Gasteiger charge is 2.21. The van der Waals surface area contributed by atoms with Gasteiger partial charge in [0.2, 0.25) is 5.91 Å². The van der Waals surface area contributed by atoms with Gasteiger partial charge >= 0.3 is 0 Å². The van der Waals surface area contributed by atoms with Gasteiger partial charge in [0.15, 0.2) is 5.75 Å². The highest BCUT2D eigenvalue weighted by Crippen LogP contribution is 2.34. The quantitative estimate of drug-likeness (QED) is 0.484. The molecule has 3 aromatic carbocycles. The Morgan fingerprint density at radius 1 is 0.900 bits per heavy atom. The number of hydrogen-bond donors (Lipinski definition) is 0. The van der Waals surface area contributed by atoms with Gasteiger partial charge in [0.05, 0.1) is 12.2 Å². The molecular weight excluding hydrogens is 396 g/mol. The monoisotopic (exact) mass is 422 g/mol. The van der Waals surface area contributed by atoms with Crippen molar-refractivity contribution in [2.24, 2.45) is 0 Å². The van der Waals surface area contributed by atoms with Crippen molar-refractivity contribution < 1.29 is 9.53 Å². The summed E-state index contributed by atoms with van der Waals surface area (Å²) < 4.78 is 6.10. The van der Waals surface area contributed by atoms with Crippen molar-refractivity contribution in [2.75, 3.05) is 22.9 Å². The van der Waals surface area contributed by atoms with Crippen molar-refractivity contribution in [3.05, 3.63) is 84.4 Å². The molecule has 1 fully saturated rings. The third-order valence-corrected chi connectivity index (χ3v) is 5.27. The second-order valence-corrected chi connectivity index (χ2v) is 7.31. The molecule has 4 nitrogen and oxygen atoms in total. The van der Waals surface area contributed by atoms with E-state index in [9.17, 15) is 4.79 Å². The molecule has 0 radical (unpaired) electrons. The highest BCUT2D eigenvalue weighted by molar-refractivity contribution is 5.93. The van der Waals surface area contributed by atoms with Crippen LogP contribution in [0.2, 0.25) is 0 Å². The highest BCUT2D eigenvalue weighted by atomic mass is 35.5. The molecule has 1 heterocycles. The van der Waals surface area contributed by atoms with E-state index in [1.54, 1.807) is 11.8 Å². The topological polar surface area (TPSA) is 32.8 Å². The van der Waals surface area contributed by atoms with Gasteiger partial charge < -0.3 is 14.5 Å². The van der Waals surface area contributed by atoms with Crippen LogP contribution in [-0.4, -0.2) is 19.0 Å². The Morgan fingerprint density at radius 3 is 2.27 bits per heavy atom. The lowest BCUT2D eigenvalue weighted by Crippen LogP contribution is -2.29. The molecule has 0 saturated carbocycles. The van der Waals surface area contributed by atoms with Gasteiger partial charge in [-0.05, 0) is 48.7 Å². The molecule has 4 rings (SSSR count). The van der Waals surface area contributed by atoms with E-state index in [0.717, 1.165) is 30.1 Å². The van der Waals surface area contributed by atoms with Crippen molar-refractivity contribution >= 4 is 29.7 Å². The fourth-order valence-corrected chi connectivity index (χ4v) is 3.83. The molecule has 5 heteroatoms. The maximum Gasteiger partial charge on any atom is 0.224 e. The molecule has 1 saturated heterocycles. The Morgan fingerprint density at radius 2 is 1.53 bits per heavy atom. The standard InChI is InChI=1S/C25H26N2O2.ClH/c1-20(28)27(19-21-11-5-6-14-23(21)26-17-9-10-18-26)24-15-7-8-16-25(24)29-22-12-3-2-4-13-22;/h2-8,11-16H,9-10,17-19H2,1H3;1H. The predicted molar refractivity (Wildman–Crippen MR) is 125 cm³/mol. The summed E-state index contributed by atoms with van der Waals surface area (Å²) in [4.78, 5) is 16.9. The first kappa shape index (κ1) is 21.7. The number of rotatable bonds is 6. The van der Waals surface area contributed by atoms with Crippen LogP contribution in [0.25, 0.3) is 0 Å². The Kier molecular flexibility index (Phi) is 7.36. The molecule has 1 aliphatic rings. The second-order valence-electron chi connectivity index (χ2n) is 7.31.